The summed E-state index contributed by atoms with van der Waals surface area (Å²) in [6.45, 7) is 3.30. The van der Waals surface area contributed by atoms with Crippen LogP contribution in [0.5, 0.6) is 0 Å². The van der Waals surface area contributed by atoms with Gasteiger partial charge in [-0.05, 0) is 12.5 Å². The number of nitrogens with two attached hydrogens (primary N) is 1. The van der Waals surface area contributed by atoms with Crippen LogP contribution in [0.25, 0.3) is 0 Å². The summed E-state index contributed by atoms with van der Waals surface area (Å²) in [6, 6.07) is 6.23. The minimum Gasteiger partial charge on any atom is -0.379 e. The number of halogens is 1. The standard InChI is InChI=1S/C15H24FNO/c1-2-3-4-5-8-11-18-12-15(17)13-9-6-7-10-14(13)16/h6-7,9-10,15H,2-5,8,11-12,17H2,1H3. The van der Waals surface area contributed by atoms with Crippen molar-refractivity contribution in [1.82, 2.24) is 0 Å². The van der Waals surface area contributed by atoms with Gasteiger partial charge in [-0.3, -0.25) is 0 Å². The van der Waals surface area contributed by atoms with Crippen LogP contribution in [0.1, 0.15) is 50.6 Å². The van der Waals surface area contributed by atoms with Gasteiger partial charge in [0.05, 0.1) is 12.6 Å². The first-order valence-corrected chi connectivity index (χ1v) is 6.83. The highest BCUT2D eigenvalue weighted by molar-refractivity contribution is 5.20. The summed E-state index contributed by atoms with van der Waals surface area (Å²) in [7, 11) is 0. The van der Waals surface area contributed by atoms with Crippen molar-refractivity contribution in [2.45, 2.75) is 45.1 Å². The summed E-state index contributed by atoms with van der Waals surface area (Å²) in [4.78, 5) is 0. The molecule has 3 heteroatoms. The van der Waals surface area contributed by atoms with Crippen molar-refractivity contribution in [3.8, 4) is 0 Å². The van der Waals surface area contributed by atoms with Crippen LogP contribution >= 0.6 is 0 Å². The second-order valence-corrected chi connectivity index (χ2v) is 4.62. The van der Waals surface area contributed by atoms with Crippen LogP contribution in [0.2, 0.25) is 0 Å². The fourth-order valence-corrected chi connectivity index (χ4v) is 1.88. The average molecular weight is 253 g/mol. The minimum atomic E-state index is -0.373. The van der Waals surface area contributed by atoms with Crippen LogP contribution in [0.3, 0.4) is 0 Å². The van der Waals surface area contributed by atoms with Crippen LogP contribution in [0, 0.1) is 5.82 Å². The molecule has 2 nitrogen and oxygen atoms in total. The topological polar surface area (TPSA) is 35.2 Å². The van der Waals surface area contributed by atoms with Crippen molar-refractivity contribution in [1.29, 1.82) is 0 Å². The zero-order valence-electron chi connectivity index (χ0n) is 11.2. The molecule has 1 atom stereocenters. The maximum atomic E-state index is 13.4. The van der Waals surface area contributed by atoms with E-state index in [1.54, 1.807) is 18.2 Å². The van der Waals surface area contributed by atoms with Gasteiger partial charge >= 0.3 is 0 Å². The number of hydrogen-bond donors (Lipinski definition) is 1. The molecule has 0 heterocycles. The van der Waals surface area contributed by atoms with E-state index in [9.17, 15) is 4.39 Å². The third-order valence-electron chi connectivity index (χ3n) is 2.99. The average Bonchev–Trinajstić information content (AvgIpc) is 2.38. The zero-order valence-corrected chi connectivity index (χ0v) is 11.2. The fourth-order valence-electron chi connectivity index (χ4n) is 1.88. The number of benzene rings is 1. The lowest BCUT2D eigenvalue weighted by Crippen LogP contribution is -2.18. The molecule has 0 spiro atoms. The van der Waals surface area contributed by atoms with Gasteiger partial charge in [0.25, 0.3) is 0 Å². The summed E-state index contributed by atoms with van der Waals surface area (Å²) in [5, 5.41) is 0. The van der Waals surface area contributed by atoms with E-state index < -0.39 is 0 Å². The van der Waals surface area contributed by atoms with Crippen LogP contribution in [0.4, 0.5) is 4.39 Å². The Balaban J connectivity index is 2.14. The maximum absolute atomic E-state index is 13.4. The summed E-state index contributed by atoms with van der Waals surface area (Å²) in [6.07, 6.45) is 6.06. The first-order chi connectivity index (χ1) is 8.75. The Morgan fingerprint density at radius 3 is 2.61 bits per heavy atom. The van der Waals surface area contributed by atoms with Crippen molar-refractivity contribution >= 4 is 0 Å². The Bertz CT molecular complexity index is 330. The fraction of sp³-hybridized carbons (Fsp3) is 0.600. The van der Waals surface area contributed by atoms with Gasteiger partial charge in [0.2, 0.25) is 0 Å². The van der Waals surface area contributed by atoms with Gasteiger partial charge in [-0.1, -0.05) is 50.8 Å². The Labute approximate surface area is 109 Å². The Kier molecular flexibility index (Phi) is 7.62. The van der Waals surface area contributed by atoms with Gasteiger partial charge in [-0.25, -0.2) is 4.39 Å². The van der Waals surface area contributed by atoms with E-state index in [1.807, 2.05) is 0 Å². The van der Waals surface area contributed by atoms with Crippen molar-refractivity contribution in [2.75, 3.05) is 13.2 Å². The van der Waals surface area contributed by atoms with E-state index >= 15 is 0 Å². The molecule has 0 aliphatic heterocycles. The zero-order chi connectivity index (χ0) is 13.2. The third kappa shape index (κ3) is 5.61. The Hall–Kier alpha value is -0.930. The molecule has 0 radical (unpaired) electrons. The molecular weight excluding hydrogens is 229 g/mol. The molecule has 0 aliphatic rings. The van der Waals surface area contributed by atoms with Gasteiger partial charge in [0.1, 0.15) is 5.82 Å². The van der Waals surface area contributed by atoms with Crippen molar-refractivity contribution in [2.24, 2.45) is 5.73 Å². The summed E-state index contributed by atoms with van der Waals surface area (Å²) in [5.41, 5.74) is 6.42. The van der Waals surface area contributed by atoms with Crippen LogP contribution in [0.15, 0.2) is 24.3 Å². The van der Waals surface area contributed by atoms with Crippen LogP contribution in [-0.4, -0.2) is 13.2 Å². The highest BCUT2D eigenvalue weighted by Crippen LogP contribution is 2.14. The monoisotopic (exact) mass is 253 g/mol. The number of unbranched alkanes of at least 4 members (excludes halogenated alkanes) is 4. The van der Waals surface area contributed by atoms with Crippen LogP contribution in [-0.2, 0) is 4.74 Å². The first-order valence-electron chi connectivity index (χ1n) is 6.83. The lowest BCUT2D eigenvalue weighted by Gasteiger charge is -2.13. The van der Waals surface area contributed by atoms with E-state index in [1.165, 1.54) is 31.7 Å². The molecule has 102 valence electrons. The first kappa shape index (κ1) is 15.1. The van der Waals surface area contributed by atoms with Crippen molar-refractivity contribution in [3.63, 3.8) is 0 Å². The Morgan fingerprint density at radius 1 is 1.17 bits per heavy atom. The number of hydrogen-bond acceptors (Lipinski definition) is 2. The van der Waals surface area contributed by atoms with E-state index in [2.05, 4.69) is 6.92 Å². The van der Waals surface area contributed by atoms with E-state index in [0.717, 1.165) is 6.42 Å². The molecule has 0 bridgehead atoms. The number of ether oxygens (including phenoxy) is 1. The molecule has 1 aromatic carbocycles. The molecular formula is C15H24FNO. The quantitative estimate of drug-likeness (QED) is 0.679. The van der Waals surface area contributed by atoms with Crippen molar-refractivity contribution < 1.29 is 9.13 Å². The van der Waals surface area contributed by atoms with Crippen LogP contribution < -0.4 is 5.73 Å². The Morgan fingerprint density at radius 2 is 1.89 bits per heavy atom. The van der Waals surface area contributed by atoms with Gasteiger partial charge in [0.15, 0.2) is 0 Å². The molecule has 0 saturated carbocycles. The van der Waals surface area contributed by atoms with E-state index in [0.29, 0.717) is 18.8 Å². The molecule has 0 aliphatic carbocycles. The number of rotatable bonds is 9. The SMILES string of the molecule is CCCCCCCOCC(N)c1ccccc1F. The van der Waals surface area contributed by atoms with Gasteiger partial charge in [-0.15, -0.1) is 0 Å². The lowest BCUT2D eigenvalue weighted by atomic mass is 10.1. The minimum absolute atomic E-state index is 0.253. The van der Waals surface area contributed by atoms with Gasteiger partial charge in [-0.2, -0.15) is 0 Å². The maximum Gasteiger partial charge on any atom is 0.128 e. The van der Waals surface area contributed by atoms with E-state index in [4.69, 9.17) is 10.5 Å². The summed E-state index contributed by atoms with van der Waals surface area (Å²) >= 11 is 0. The molecule has 1 aromatic rings. The molecule has 0 amide bonds. The van der Waals surface area contributed by atoms with E-state index in [-0.39, 0.29) is 11.9 Å². The largest absolute Gasteiger partial charge is 0.379 e. The molecule has 18 heavy (non-hydrogen) atoms. The van der Waals surface area contributed by atoms with Crippen molar-refractivity contribution in [3.05, 3.63) is 35.6 Å². The molecule has 0 fully saturated rings. The predicted octanol–water partition coefficient (Wildman–Crippen LogP) is 3.81. The molecule has 1 unspecified atom stereocenters. The molecule has 0 aromatic heterocycles. The second kappa shape index (κ2) is 9.06. The normalized spacial score (nSPS) is 12.6. The highest BCUT2D eigenvalue weighted by atomic mass is 19.1. The summed E-state index contributed by atoms with van der Waals surface area (Å²) in [5.74, 6) is -0.253. The highest BCUT2D eigenvalue weighted by Gasteiger charge is 2.10. The summed E-state index contributed by atoms with van der Waals surface area (Å²) < 4.78 is 18.9. The second-order valence-electron chi connectivity index (χ2n) is 4.62. The van der Waals surface area contributed by atoms with Gasteiger partial charge < -0.3 is 10.5 Å². The molecule has 1 rings (SSSR count). The molecule has 2 N–H and O–H groups in total. The molecule has 0 saturated heterocycles. The lowest BCUT2D eigenvalue weighted by molar-refractivity contribution is 0.116. The predicted molar refractivity (Wildman–Crippen MR) is 72.9 cm³/mol. The van der Waals surface area contributed by atoms with Gasteiger partial charge in [0, 0.05) is 12.2 Å². The smallest absolute Gasteiger partial charge is 0.128 e. The third-order valence-corrected chi connectivity index (χ3v) is 2.99.